The summed E-state index contributed by atoms with van der Waals surface area (Å²) in [7, 11) is 21.0. The maximum Gasteiger partial charge on any atom is 0.306 e. The molecule has 2 aliphatic heterocycles. The van der Waals surface area contributed by atoms with Gasteiger partial charge in [0, 0.05) is 75.5 Å². The van der Waals surface area contributed by atoms with Crippen LogP contribution in [0.5, 0.6) is 57.5 Å². The van der Waals surface area contributed by atoms with Gasteiger partial charge < -0.3 is 70.5 Å². The van der Waals surface area contributed by atoms with E-state index in [1.807, 2.05) is 36.4 Å². The van der Waals surface area contributed by atoms with Gasteiger partial charge in [0.05, 0.1) is 131 Å². The van der Waals surface area contributed by atoms with E-state index in [-0.39, 0.29) is 36.9 Å². The Bertz CT molecular complexity index is 2590. The number of hydrogen-bond donors (Lipinski definition) is 0. The minimum Gasteiger partial charge on any atom is -0.493 e. The molecule has 17 nitrogen and oxygen atoms in total. The Morgan fingerprint density at radius 3 is 1.17 bits per heavy atom. The molecule has 2 heterocycles. The van der Waals surface area contributed by atoms with Crippen LogP contribution in [0, 0.1) is 0 Å². The third kappa shape index (κ3) is 15.2. The van der Waals surface area contributed by atoms with Crippen LogP contribution in [0.4, 0.5) is 0 Å². The summed E-state index contributed by atoms with van der Waals surface area (Å²) in [6.45, 7) is 5.25. The van der Waals surface area contributed by atoms with Crippen molar-refractivity contribution in [1.29, 1.82) is 0 Å². The molecule has 0 unspecified atom stereocenters. The standard InChI is InChI=1S/C61H86N2O15/c1-62(26-22-44-38-50(66-3)52(68-5)40-46(44)48(62)32-42-34-54(70-7)60(74-11)55(35-42)71-8)24-17-28-76-29-19-31-78-59(65)21-16-14-13-15-20-58(64)77-30-18-25-63(2)27-23-45-39-51(67-4)53(69-6)41-47(45)49(63)33-43-36-56(72-9)61(75-12)57(37-43)73-10/h13-14,34-41,48-49H,15-33H2,1-12H3/q+2/b14-13+/t48-,49-,62+,63+/m1/s1. The highest BCUT2D eigenvalue weighted by atomic mass is 16.6. The van der Waals surface area contributed by atoms with Crippen LogP contribution in [0.2, 0.25) is 0 Å². The first-order chi connectivity index (χ1) is 37.7. The quantitative estimate of drug-likeness (QED) is 0.0197. The SMILES string of the molecule is COc1cc2c(cc1OC)[C@@H](Cc1cc(OC)c(OC)c(OC)c1)[N@@+](C)(CCCOCCCOC(=O)CC/C=C/CCC(=O)OCCC[N@@+]1(C)CCc3cc(OC)c(OC)cc3[C@H]1Cc1cc(OC)c(OC)c(OC)c1)CC2. The van der Waals surface area contributed by atoms with Gasteiger partial charge in [0.25, 0.3) is 0 Å². The first-order valence-corrected chi connectivity index (χ1v) is 27.1. The van der Waals surface area contributed by atoms with Crippen LogP contribution in [0.25, 0.3) is 0 Å². The van der Waals surface area contributed by atoms with Crippen LogP contribution < -0.4 is 47.4 Å². The molecule has 4 aromatic rings. The maximum absolute atomic E-state index is 12.8. The first kappa shape index (κ1) is 60.7. The summed E-state index contributed by atoms with van der Waals surface area (Å²) in [6.07, 6.45) is 10.8. The van der Waals surface area contributed by atoms with Crippen molar-refractivity contribution in [1.82, 2.24) is 0 Å². The predicted molar refractivity (Wildman–Crippen MR) is 298 cm³/mol. The molecule has 4 aromatic carbocycles. The average molecular weight is 1090 g/mol. The molecule has 0 saturated heterocycles. The summed E-state index contributed by atoms with van der Waals surface area (Å²) in [4.78, 5) is 25.3. The zero-order chi connectivity index (χ0) is 56.2. The fraction of sp³-hybridized carbons (Fsp3) is 0.541. The topological polar surface area (TPSA) is 154 Å². The van der Waals surface area contributed by atoms with Crippen molar-refractivity contribution in [3.63, 3.8) is 0 Å². The third-order valence-corrected chi connectivity index (χ3v) is 15.5. The highest BCUT2D eigenvalue weighted by Crippen LogP contribution is 2.47. The summed E-state index contributed by atoms with van der Waals surface area (Å²) in [6, 6.07) is 16.7. The van der Waals surface area contributed by atoms with Crippen LogP contribution in [0.15, 0.2) is 60.7 Å². The van der Waals surface area contributed by atoms with Gasteiger partial charge in [-0.05, 0) is 83.6 Å². The molecule has 0 aliphatic carbocycles. The van der Waals surface area contributed by atoms with Gasteiger partial charge in [0.1, 0.15) is 12.1 Å². The van der Waals surface area contributed by atoms with Crippen molar-refractivity contribution in [3.05, 3.63) is 94.1 Å². The van der Waals surface area contributed by atoms with Gasteiger partial charge in [-0.25, -0.2) is 0 Å². The van der Waals surface area contributed by atoms with Crippen molar-refractivity contribution in [2.24, 2.45) is 0 Å². The van der Waals surface area contributed by atoms with Crippen molar-refractivity contribution in [2.75, 3.05) is 138 Å². The molecule has 0 radical (unpaired) electrons. The van der Waals surface area contributed by atoms with E-state index in [4.69, 9.17) is 61.6 Å². The van der Waals surface area contributed by atoms with Crippen LogP contribution in [-0.2, 0) is 49.5 Å². The number of likely N-dealkylation sites (N-methyl/N-ethyl adjacent to an activating group) is 2. The highest BCUT2D eigenvalue weighted by Gasteiger charge is 2.42. The van der Waals surface area contributed by atoms with Gasteiger partial charge >= 0.3 is 11.9 Å². The number of carbonyl (C=O) groups excluding carboxylic acids is 2. The van der Waals surface area contributed by atoms with E-state index in [1.54, 1.807) is 71.1 Å². The van der Waals surface area contributed by atoms with Crippen LogP contribution >= 0.6 is 0 Å². The fourth-order valence-corrected chi connectivity index (χ4v) is 11.2. The molecule has 0 saturated carbocycles. The number of hydrogen-bond acceptors (Lipinski definition) is 15. The Hall–Kier alpha value is -6.56. The van der Waals surface area contributed by atoms with E-state index in [9.17, 15) is 9.59 Å². The molecule has 0 aromatic heterocycles. The van der Waals surface area contributed by atoms with Crippen LogP contribution in [-0.4, -0.2) is 159 Å². The number of nitrogens with zero attached hydrogens (tertiary/aromatic N) is 2. The molecule has 2 aliphatic rings. The van der Waals surface area contributed by atoms with E-state index in [1.165, 1.54) is 22.3 Å². The molecule has 17 heteroatoms. The number of fused-ring (bicyclic) bond motifs is 2. The zero-order valence-electron chi connectivity index (χ0n) is 48.4. The largest absolute Gasteiger partial charge is 0.493 e. The summed E-state index contributed by atoms with van der Waals surface area (Å²) < 4.78 is 75.7. The molecular weight excluding hydrogens is 1000 g/mol. The summed E-state index contributed by atoms with van der Waals surface area (Å²) >= 11 is 0. The monoisotopic (exact) mass is 1090 g/mol. The number of carbonyl (C=O) groups is 2. The number of methoxy groups -OCH3 is 10. The smallest absolute Gasteiger partial charge is 0.306 e. The lowest BCUT2D eigenvalue weighted by Gasteiger charge is -2.46. The first-order valence-electron chi connectivity index (χ1n) is 27.1. The third-order valence-electron chi connectivity index (χ3n) is 15.5. The molecule has 6 rings (SSSR count). The lowest BCUT2D eigenvalue weighted by molar-refractivity contribution is -0.941. The fourth-order valence-electron chi connectivity index (χ4n) is 11.2. The number of rotatable bonds is 32. The molecule has 0 spiro atoms. The molecule has 0 amide bonds. The van der Waals surface area contributed by atoms with E-state index in [0.29, 0.717) is 110 Å². The minimum absolute atomic E-state index is 0.0574. The second-order valence-corrected chi connectivity index (χ2v) is 20.3. The molecule has 4 atom stereocenters. The van der Waals surface area contributed by atoms with Crippen molar-refractivity contribution >= 4 is 11.9 Å². The second-order valence-electron chi connectivity index (χ2n) is 20.3. The molecule has 0 bridgehead atoms. The average Bonchev–Trinajstić information content (AvgIpc) is 3.46. The number of esters is 2. The van der Waals surface area contributed by atoms with Crippen molar-refractivity contribution in [2.45, 2.75) is 82.7 Å². The van der Waals surface area contributed by atoms with Gasteiger partial charge in [0.2, 0.25) is 11.5 Å². The summed E-state index contributed by atoms with van der Waals surface area (Å²) in [5.74, 6) is 5.90. The van der Waals surface area contributed by atoms with Crippen molar-refractivity contribution in [3.8, 4) is 57.5 Å². The lowest BCUT2D eigenvalue weighted by atomic mass is 9.86. The van der Waals surface area contributed by atoms with Gasteiger partial charge in [-0.15, -0.1) is 0 Å². The molecule has 428 valence electrons. The lowest BCUT2D eigenvalue weighted by Crippen LogP contribution is -2.52. The van der Waals surface area contributed by atoms with Gasteiger partial charge in [-0.2, -0.15) is 0 Å². The number of allylic oxidation sites excluding steroid dienone is 2. The van der Waals surface area contributed by atoms with E-state index in [2.05, 4.69) is 38.4 Å². The molecule has 78 heavy (non-hydrogen) atoms. The number of quaternary nitrogens is 2. The molecule has 0 N–H and O–H groups in total. The second kappa shape index (κ2) is 29.4. The number of ether oxygens (including phenoxy) is 13. The number of benzene rings is 4. The highest BCUT2D eigenvalue weighted by molar-refractivity contribution is 5.70. The maximum atomic E-state index is 12.8. The Labute approximate surface area is 462 Å². The van der Waals surface area contributed by atoms with E-state index in [0.717, 1.165) is 77.7 Å². The van der Waals surface area contributed by atoms with Gasteiger partial charge in [-0.3, -0.25) is 9.59 Å². The van der Waals surface area contributed by atoms with Gasteiger partial charge in [-0.1, -0.05) is 12.2 Å². The Balaban J connectivity index is 0.893. The molecular formula is C61H86N2O15+2. The van der Waals surface area contributed by atoms with Crippen molar-refractivity contribution < 1.29 is 80.1 Å². The minimum atomic E-state index is -0.257. The summed E-state index contributed by atoms with van der Waals surface area (Å²) in [5.41, 5.74) is 7.03. The Morgan fingerprint density at radius 2 is 0.795 bits per heavy atom. The van der Waals surface area contributed by atoms with E-state index >= 15 is 0 Å². The van der Waals surface area contributed by atoms with Crippen LogP contribution in [0.1, 0.15) is 90.4 Å². The van der Waals surface area contributed by atoms with E-state index < -0.39 is 0 Å². The predicted octanol–water partition coefficient (Wildman–Crippen LogP) is 9.44. The zero-order valence-corrected chi connectivity index (χ0v) is 48.4. The molecule has 0 fully saturated rings. The Morgan fingerprint density at radius 1 is 0.449 bits per heavy atom. The Kier molecular flexibility index (Phi) is 22.9. The van der Waals surface area contributed by atoms with Crippen LogP contribution in [0.3, 0.4) is 0 Å². The summed E-state index contributed by atoms with van der Waals surface area (Å²) in [5, 5.41) is 0. The van der Waals surface area contributed by atoms with Gasteiger partial charge in [0.15, 0.2) is 46.0 Å². The normalized spacial score (nSPS) is 18.5.